The molecular weight excluding hydrogens is 479 g/mol. The summed E-state index contributed by atoms with van der Waals surface area (Å²) in [6.07, 6.45) is 4.63. The van der Waals surface area contributed by atoms with Crippen molar-refractivity contribution in [3.8, 4) is 5.75 Å². The predicted molar refractivity (Wildman–Crippen MR) is 128 cm³/mol. The first kappa shape index (κ1) is 23.6. The van der Waals surface area contributed by atoms with E-state index in [1.807, 2.05) is 29.0 Å². The smallest absolute Gasteiger partial charge is 0.267 e. The summed E-state index contributed by atoms with van der Waals surface area (Å²) in [6, 6.07) is 10.5. The van der Waals surface area contributed by atoms with Gasteiger partial charge in [0.25, 0.3) is 5.91 Å². The third-order valence-electron chi connectivity index (χ3n) is 6.67. The molecule has 1 N–H and O–H groups in total. The van der Waals surface area contributed by atoms with Crippen molar-refractivity contribution < 1.29 is 22.3 Å². The van der Waals surface area contributed by atoms with E-state index in [0.717, 1.165) is 54.9 Å². The zero-order chi connectivity index (χ0) is 23.9. The van der Waals surface area contributed by atoms with Gasteiger partial charge in [0.15, 0.2) is 0 Å². The summed E-state index contributed by atoms with van der Waals surface area (Å²) in [5.74, 6) is -1.04. The highest BCUT2D eigenvalue weighted by Crippen LogP contribution is 2.45. The molecule has 1 amide bonds. The second-order valence-corrected chi connectivity index (χ2v) is 11.9. The molecule has 3 fully saturated rings. The molecule has 2 saturated carbocycles. The minimum atomic E-state index is -3.75. The molecule has 1 unspecified atom stereocenters. The number of hydrogen-bond donors (Lipinski definition) is 1. The van der Waals surface area contributed by atoms with Gasteiger partial charge in [0, 0.05) is 24.2 Å². The maximum Gasteiger partial charge on any atom is 0.267 e. The molecule has 5 rings (SSSR count). The van der Waals surface area contributed by atoms with Gasteiger partial charge < -0.3 is 4.74 Å². The lowest BCUT2D eigenvalue weighted by atomic mass is 10.0. The van der Waals surface area contributed by atoms with Crippen molar-refractivity contribution in [2.45, 2.75) is 62.3 Å². The van der Waals surface area contributed by atoms with Crippen molar-refractivity contribution in [1.82, 2.24) is 9.62 Å². The molecule has 0 bridgehead atoms. The molecule has 0 radical (unpaired) electrons. The second kappa shape index (κ2) is 9.47. The van der Waals surface area contributed by atoms with Crippen LogP contribution in [0.1, 0.15) is 65.9 Å². The number of carbonyl (C=O) groups excluding carboxylic acids is 1. The number of hydrogen-bond acceptors (Lipinski definition) is 5. The van der Waals surface area contributed by atoms with E-state index in [1.165, 1.54) is 12.1 Å². The number of sulfonamides is 1. The maximum absolute atomic E-state index is 15.0. The predicted octanol–water partition coefficient (Wildman–Crippen LogP) is 4.62. The topological polar surface area (TPSA) is 75.7 Å². The van der Waals surface area contributed by atoms with Crippen molar-refractivity contribution in [1.29, 1.82) is 0 Å². The number of nitrogens with one attached hydrogen (secondary N) is 1. The first-order chi connectivity index (χ1) is 16.3. The molecule has 0 aromatic heterocycles. The number of carbonyl (C=O) groups is 1. The second-order valence-electron chi connectivity index (χ2n) is 9.53. The number of ether oxygens (including phenoxy) is 1. The van der Waals surface area contributed by atoms with Crippen molar-refractivity contribution in [2.75, 3.05) is 13.1 Å². The van der Waals surface area contributed by atoms with Gasteiger partial charge >= 0.3 is 0 Å². The van der Waals surface area contributed by atoms with Crippen LogP contribution in [-0.4, -0.2) is 43.7 Å². The van der Waals surface area contributed by atoms with E-state index in [4.69, 9.17) is 16.3 Å². The molecule has 1 saturated heterocycles. The van der Waals surface area contributed by atoms with Crippen molar-refractivity contribution in [3.63, 3.8) is 0 Å². The Morgan fingerprint density at radius 1 is 1.15 bits per heavy atom. The van der Waals surface area contributed by atoms with Crippen LogP contribution in [-0.2, 0) is 16.6 Å². The van der Waals surface area contributed by atoms with Crippen molar-refractivity contribution in [3.05, 3.63) is 63.9 Å². The molecule has 1 atom stereocenters. The lowest BCUT2D eigenvalue weighted by Gasteiger charge is -2.33. The van der Waals surface area contributed by atoms with Crippen LogP contribution in [0.25, 0.3) is 0 Å². The Labute approximate surface area is 204 Å². The number of likely N-dealkylation sites (tertiary alicyclic amines) is 1. The lowest BCUT2D eigenvalue weighted by Crippen LogP contribution is -2.40. The Morgan fingerprint density at radius 3 is 2.62 bits per heavy atom. The van der Waals surface area contributed by atoms with E-state index < -0.39 is 27.0 Å². The summed E-state index contributed by atoms with van der Waals surface area (Å²) in [5, 5.41) is 0.186. The van der Waals surface area contributed by atoms with Crippen LogP contribution >= 0.6 is 11.6 Å². The molecule has 1 aliphatic heterocycles. The molecule has 0 spiro atoms. The molecule has 1 heterocycles. The minimum Gasteiger partial charge on any atom is -0.489 e. The molecule has 2 aromatic carbocycles. The molecule has 3 aliphatic rings. The molecule has 2 aliphatic carbocycles. The van der Waals surface area contributed by atoms with E-state index >= 15 is 0 Å². The van der Waals surface area contributed by atoms with E-state index in [9.17, 15) is 17.6 Å². The highest BCUT2D eigenvalue weighted by atomic mass is 35.5. The number of benzene rings is 2. The molecule has 2 aromatic rings. The van der Waals surface area contributed by atoms with E-state index in [-0.39, 0.29) is 17.6 Å². The maximum atomic E-state index is 15.0. The Kier molecular flexibility index (Phi) is 6.57. The van der Waals surface area contributed by atoms with Gasteiger partial charge in [-0.1, -0.05) is 29.8 Å². The molecule has 9 heteroatoms. The van der Waals surface area contributed by atoms with Gasteiger partial charge in [-0.15, -0.1) is 0 Å². The van der Waals surface area contributed by atoms with Crippen LogP contribution in [0.15, 0.2) is 36.4 Å². The van der Waals surface area contributed by atoms with Crippen LogP contribution in [0.4, 0.5) is 4.39 Å². The molecule has 6 nitrogen and oxygen atoms in total. The van der Waals surface area contributed by atoms with Crippen LogP contribution in [0, 0.1) is 5.82 Å². The average Bonchev–Trinajstić information content (AvgIpc) is 3.68. The molecule has 182 valence electrons. The summed E-state index contributed by atoms with van der Waals surface area (Å²) in [5.41, 5.74) is 1.59. The van der Waals surface area contributed by atoms with Gasteiger partial charge in [-0.3, -0.25) is 9.69 Å². The standard InChI is InChI=1S/C25H28ClFN2O4S/c26-22-6-2-1-4-17(22)14-29-11-3-5-18(15-29)33-24-13-23(27)21(12-20(24)16-7-8-16)25(30)28-34(31,32)19-9-10-19/h1-2,4,6,12-13,16,18-19H,3,5,7-11,14-15H2,(H,28,30). The molecular formula is C25H28ClFN2O4S. The van der Waals surface area contributed by atoms with Crippen molar-refractivity contribution in [2.24, 2.45) is 0 Å². The number of amides is 1. The van der Waals surface area contributed by atoms with E-state index in [1.54, 1.807) is 0 Å². The van der Waals surface area contributed by atoms with Gasteiger partial charge in [0.05, 0.1) is 10.8 Å². The van der Waals surface area contributed by atoms with Crippen LogP contribution in [0.3, 0.4) is 0 Å². The summed E-state index contributed by atoms with van der Waals surface area (Å²) in [6.45, 7) is 2.35. The number of nitrogens with zero attached hydrogens (tertiary/aromatic N) is 1. The zero-order valence-electron chi connectivity index (χ0n) is 18.8. The monoisotopic (exact) mass is 506 g/mol. The lowest BCUT2D eigenvalue weighted by molar-refractivity contribution is 0.0832. The van der Waals surface area contributed by atoms with Crippen LogP contribution in [0.5, 0.6) is 5.75 Å². The largest absolute Gasteiger partial charge is 0.489 e. The van der Waals surface area contributed by atoms with Crippen LogP contribution < -0.4 is 9.46 Å². The van der Waals surface area contributed by atoms with E-state index in [0.29, 0.717) is 25.1 Å². The average molecular weight is 507 g/mol. The fourth-order valence-corrected chi connectivity index (χ4v) is 5.99. The van der Waals surface area contributed by atoms with Gasteiger partial charge in [-0.2, -0.15) is 0 Å². The highest BCUT2D eigenvalue weighted by Gasteiger charge is 2.38. The first-order valence-electron chi connectivity index (χ1n) is 11.8. The zero-order valence-corrected chi connectivity index (χ0v) is 20.4. The van der Waals surface area contributed by atoms with Gasteiger partial charge in [0.2, 0.25) is 10.0 Å². The van der Waals surface area contributed by atoms with Gasteiger partial charge in [-0.25, -0.2) is 17.5 Å². The Morgan fingerprint density at radius 2 is 1.91 bits per heavy atom. The number of halogens is 2. The van der Waals surface area contributed by atoms with Crippen molar-refractivity contribution >= 4 is 27.5 Å². The fraction of sp³-hybridized carbons (Fsp3) is 0.480. The summed E-state index contributed by atoms with van der Waals surface area (Å²) in [7, 11) is -3.75. The highest BCUT2D eigenvalue weighted by molar-refractivity contribution is 7.91. The van der Waals surface area contributed by atoms with Gasteiger partial charge in [0.1, 0.15) is 17.7 Å². The Bertz CT molecular complexity index is 1200. The van der Waals surface area contributed by atoms with Crippen LogP contribution in [0.2, 0.25) is 5.02 Å². The Balaban J connectivity index is 1.31. The Hall–Kier alpha value is -2.16. The number of piperidine rings is 1. The normalized spacial score (nSPS) is 21.3. The first-order valence-corrected chi connectivity index (χ1v) is 13.7. The fourth-order valence-electron chi connectivity index (χ4n) is 4.51. The number of rotatable bonds is 8. The minimum absolute atomic E-state index is 0.108. The third kappa shape index (κ3) is 5.39. The summed E-state index contributed by atoms with van der Waals surface area (Å²) in [4.78, 5) is 14.9. The third-order valence-corrected chi connectivity index (χ3v) is 8.85. The molecule has 34 heavy (non-hydrogen) atoms. The SMILES string of the molecule is O=C(NS(=O)(=O)C1CC1)c1cc(C2CC2)c(OC2CCCN(Cc3ccccc3Cl)C2)cc1F. The summed E-state index contributed by atoms with van der Waals surface area (Å²) >= 11 is 6.32. The van der Waals surface area contributed by atoms with E-state index in [2.05, 4.69) is 4.90 Å². The summed E-state index contributed by atoms with van der Waals surface area (Å²) < 4.78 is 47.6. The van der Waals surface area contributed by atoms with Gasteiger partial charge in [-0.05, 0) is 74.2 Å². The quantitative estimate of drug-likeness (QED) is 0.565.